The maximum atomic E-state index is 13.0. The molecule has 0 spiro atoms. The first-order valence-corrected chi connectivity index (χ1v) is 6.34. The molecule has 1 aromatic carbocycles. The van der Waals surface area contributed by atoms with Crippen LogP contribution in [0.2, 0.25) is 0 Å². The van der Waals surface area contributed by atoms with Gasteiger partial charge in [-0.3, -0.25) is 0 Å². The molecule has 0 radical (unpaired) electrons. The lowest BCUT2D eigenvalue weighted by molar-refractivity contribution is 0.441. The Morgan fingerprint density at radius 3 is 2.82 bits per heavy atom. The third-order valence-corrected chi connectivity index (χ3v) is 3.22. The molecule has 4 heteroatoms. The highest BCUT2D eigenvalue weighted by Crippen LogP contribution is 2.24. The first-order valence-electron chi connectivity index (χ1n) is 5.55. The van der Waals surface area contributed by atoms with Crippen molar-refractivity contribution in [3.05, 3.63) is 28.5 Å². The standard InChI is InChI=1S/C13H16BrFN2/c1-13(2,9-16)6-3-7-17-12-8-10(15)4-5-11(12)14/h4-5,8,17H,3,6-7H2,1-2H3. The van der Waals surface area contributed by atoms with Gasteiger partial charge >= 0.3 is 0 Å². The smallest absolute Gasteiger partial charge is 0.125 e. The van der Waals surface area contributed by atoms with E-state index in [9.17, 15) is 4.39 Å². The minimum atomic E-state index is -0.291. The van der Waals surface area contributed by atoms with Gasteiger partial charge in [0.05, 0.1) is 17.2 Å². The fourth-order valence-electron chi connectivity index (χ4n) is 1.44. The van der Waals surface area contributed by atoms with Crippen molar-refractivity contribution >= 4 is 21.6 Å². The molecule has 1 rings (SSSR count). The second-order valence-electron chi connectivity index (χ2n) is 4.65. The van der Waals surface area contributed by atoms with Crippen LogP contribution in [0.5, 0.6) is 0 Å². The summed E-state index contributed by atoms with van der Waals surface area (Å²) in [6.07, 6.45) is 1.70. The topological polar surface area (TPSA) is 35.8 Å². The number of benzene rings is 1. The van der Waals surface area contributed by atoms with Gasteiger partial charge in [-0.2, -0.15) is 5.26 Å². The number of nitrogens with zero attached hydrogens (tertiary/aromatic N) is 1. The van der Waals surface area contributed by atoms with Gasteiger partial charge in [0.25, 0.3) is 0 Å². The molecule has 0 heterocycles. The van der Waals surface area contributed by atoms with E-state index in [4.69, 9.17) is 5.26 Å². The largest absolute Gasteiger partial charge is 0.384 e. The van der Waals surface area contributed by atoms with E-state index in [1.165, 1.54) is 12.1 Å². The highest BCUT2D eigenvalue weighted by atomic mass is 79.9. The Balaban J connectivity index is 2.42. The molecule has 0 unspecified atom stereocenters. The van der Waals surface area contributed by atoms with Crippen molar-refractivity contribution in [2.24, 2.45) is 5.41 Å². The van der Waals surface area contributed by atoms with Crippen LogP contribution in [0, 0.1) is 22.6 Å². The predicted octanol–water partition coefficient (Wildman–Crippen LogP) is 4.33. The molecule has 0 atom stereocenters. The molecule has 0 aliphatic carbocycles. The summed E-state index contributed by atoms with van der Waals surface area (Å²) in [5.41, 5.74) is 0.459. The number of hydrogen-bond donors (Lipinski definition) is 1. The Morgan fingerprint density at radius 1 is 1.47 bits per heavy atom. The maximum Gasteiger partial charge on any atom is 0.125 e. The molecule has 0 aliphatic heterocycles. The SMILES string of the molecule is CC(C)(C#N)CCCNc1cc(F)ccc1Br. The number of halogens is 2. The van der Waals surface area contributed by atoms with Gasteiger partial charge in [0.1, 0.15) is 5.82 Å². The molecule has 0 saturated heterocycles. The monoisotopic (exact) mass is 298 g/mol. The summed E-state index contributed by atoms with van der Waals surface area (Å²) < 4.78 is 13.8. The van der Waals surface area contributed by atoms with Crippen molar-refractivity contribution in [3.8, 4) is 6.07 Å². The second kappa shape index (κ2) is 6.02. The van der Waals surface area contributed by atoms with Crippen LogP contribution < -0.4 is 5.32 Å². The lowest BCUT2D eigenvalue weighted by Gasteiger charge is -2.15. The summed E-state index contributed by atoms with van der Waals surface area (Å²) in [4.78, 5) is 0. The van der Waals surface area contributed by atoms with E-state index in [0.29, 0.717) is 0 Å². The maximum absolute atomic E-state index is 13.0. The lowest BCUT2D eigenvalue weighted by Crippen LogP contribution is -2.11. The van der Waals surface area contributed by atoms with Gasteiger partial charge in [0, 0.05) is 11.0 Å². The van der Waals surface area contributed by atoms with Crippen LogP contribution in [0.4, 0.5) is 10.1 Å². The summed E-state index contributed by atoms with van der Waals surface area (Å²) >= 11 is 3.35. The first-order chi connectivity index (χ1) is 7.94. The number of anilines is 1. The second-order valence-corrected chi connectivity index (χ2v) is 5.50. The van der Waals surface area contributed by atoms with E-state index in [2.05, 4.69) is 27.3 Å². The third-order valence-electron chi connectivity index (χ3n) is 2.53. The average molecular weight is 299 g/mol. The molecule has 17 heavy (non-hydrogen) atoms. The Hall–Kier alpha value is -1.08. The molecule has 0 aromatic heterocycles. The van der Waals surface area contributed by atoms with Crippen LogP contribution in [0.3, 0.4) is 0 Å². The quantitative estimate of drug-likeness (QED) is 0.821. The van der Waals surface area contributed by atoms with Crippen LogP contribution >= 0.6 is 15.9 Å². The minimum absolute atomic E-state index is 0.256. The Kier molecular flexibility index (Phi) is 4.95. The van der Waals surface area contributed by atoms with Gasteiger partial charge in [-0.1, -0.05) is 0 Å². The minimum Gasteiger partial charge on any atom is -0.384 e. The van der Waals surface area contributed by atoms with E-state index in [0.717, 1.165) is 29.5 Å². The van der Waals surface area contributed by atoms with E-state index in [1.54, 1.807) is 6.07 Å². The fraction of sp³-hybridized carbons (Fsp3) is 0.462. The van der Waals surface area contributed by atoms with Crippen molar-refractivity contribution in [1.82, 2.24) is 0 Å². The molecular weight excluding hydrogens is 283 g/mol. The van der Waals surface area contributed by atoms with Crippen LogP contribution in [0.25, 0.3) is 0 Å². The van der Waals surface area contributed by atoms with Gasteiger partial charge in [-0.05, 0) is 60.8 Å². The summed E-state index contributed by atoms with van der Waals surface area (Å²) in [5, 5.41) is 12.0. The summed E-state index contributed by atoms with van der Waals surface area (Å²) in [6, 6.07) is 6.81. The fourth-order valence-corrected chi connectivity index (χ4v) is 1.83. The lowest BCUT2D eigenvalue weighted by atomic mass is 9.90. The predicted molar refractivity (Wildman–Crippen MR) is 71.2 cm³/mol. The summed E-state index contributed by atoms with van der Waals surface area (Å²) in [5.74, 6) is -0.256. The first kappa shape index (κ1) is 14.0. The molecule has 0 aliphatic rings. The van der Waals surface area contributed by atoms with E-state index in [1.807, 2.05) is 13.8 Å². The molecule has 0 amide bonds. The van der Waals surface area contributed by atoms with Crippen molar-refractivity contribution in [2.75, 3.05) is 11.9 Å². The van der Waals surface area contributed by atoms with E-state index >= 15 is 0 Å². The zero-order valence-electron chi connectivity index (χ0n) is 10.1. The Morgan fingerprint density at radius 2 is 2.18 bits per heavy atom. The van der Waals surface area contributed by atoms with E-state index < -0.39 is 0 Å². The molecular formula is C13H16BrFN2. The summed E-state index contributed by atoms with van der Waals surface area (Å²) in [7, 11) is 0. The number of nitriles is 1. The third kappa shape index (κ3) is 4.74. The normalized spacial score (nSPS) is 11.0. The van der Waals surface area contributed by atoms with Crippen molar-refractivity contribution in [2.45, 2.75) is 26.7 Å². The zero-order valence-corrected chi connectivity index (χ0v) is 11.6. The molecule has 0 fully saturated rings. The molecule has 0 bridgehead atoms. The van der Waals surface area contributed by atoms with E-state index in [-0.39, 0.29) is 11.2 Å². The van der Waals surface area contributed by atoms with Crippen molar-refractivity contribution < 1.29 is 4.39 Å². The molecule has 1 N–H and O–H groups in total. The Bertz CT molecular complexity index is 424. The Labute approximate surface area is 110 Å². The van der Waals surface area contributed by atoms with Crippen molar-refractivity contribution in [1.29, 1.82) is 5.26 Å². The number of rotatable bonds is 5. The van der Waals surface area contributed by atoms with Crippen molar-refractivity contribution in [3.63, 3.8) is 0 Å². The number of hydrogen-bond acceptors (Lipinski definition) is 2. The van der Waals surface area contributed by atoms with Gasteiger partial charge in [-0.15, -0.1) is 0 Å². The molecule has 2 nitrogen and oxygen atoms in total. The average Bonchev–Trinajstić information content (AvgIpc) is 2.29. The van der Waals surface area contributed by atoms with Crippen LogP contribution in [0.1, 0.15) is 26.7 Å². The van der Waals surface area contributed by atoms with Crippen LogP contribution in [-0.4, -0.2) is 6.54 Å². The highest BCUT2D eigenvalue weighted by Gasteiger charge is 2.15. The van der Waals surface area contributed by atoms with Gasteiger partial charge in [0.2, 0.25) is 0 Å². The van der Waals surface area contributed by atoms with Gasteiger partial charge in [0.15, 0.2) is 0 Å². The summed E-state index contributed by atoms with van der Waals surface area (Å²) in [6.45, 7) is 4.57. The number of nitrogens with one attached hydrogen (secondary N) is 1. The molecule has 1 aromatic rings. The van der Waals surface area contributed by atoms with Gasteiger partial charge < -0.3 is 5.32 Å². The van der Waals surface area contributed by atoms with Gasteiger partial charge in [-0.25, -0.2) is 4.39 Å². The molecule has 92 valence electrons. The van der Waals surface area contributed by atoms with Crippen LogP contribution in [-0.2, 0) is 0 Å². The zero-order chi connectivity index (χ0) is 12.9. The highest BCUT2D eigenvalue weighted by molar-refractivity contribution is 9.10. The van der Waals surface area contributed by atoms with Crippen LogP contribution in [0.15, 0.2) is 22.7 Å². The molecule has 0 saturated carbocycles.